The summed E-state index contributed by atoms with van der Waals surface area (Å²) in [4.78, 5) is 14.7. The van der Waals surface area contributed by atoms with E-state index in [1.54, 1.807) is 0 Å². The van der Waals surface area contributed by atoms with Gasteiger partial charge in [-0.25, -0.2) is 0 Å². The fourth-order valence-electron chi connectivity index (χ4n) is 4.20. The number of likely N-dealkylation sites (tertiary alicyclic amines) is 1. The van der Waals surface area contributed by atoms with Gasteiger partial charge in [-0.2, -0.15) is 0 Å². The number of amides is 1. The number of ether oxygens (including phenoxy) is 1. The van der Waals surface area contributed by atoms with Crippen molar-refractivity contribution in [2.45, 2.75) is 88.4 Å². The largest absolute Gasteiger partial charge is 0.375 e. The minimum absolute atomic E-state index is 0. The average molecular weight is 331 g/mol. The lowest BCUT2D eigenvalue weighted by atomic mass is 9.81. The Bertz CT molecular complexity index is 358. The Kier molecular flexibility index (Phi) is 6.54. The van der Waals surface area contributed by atoms with Crippen LogP contribution in [0.15, 0.2) is 0 Å². The number of hydrogen-bond acceptors (Lipinski definition) is 3. The number of carbonyl (C=O) groups excluding carboxylic acids is 1. The van der Waals surface area contributed by atoms with Gasteiger partial charge in [0, 0.05) is 13.1 Å². The lowest BCUT2D eigenvalue weighted by Gasteiger charge is -2.40. The predicted octanol–water partition coefficient (Wildman–Crippen LogP) is 3.02. The van der Waals surface area contributed by atoms with Crippen LogP contribution in [0.25, 0.3) is 0 Å². The molecule has 0 aromatic rings. The zero-order chi connectivity index (χ0) is 14.7. The van der Waals surface area contributed by atoms with E-state index in [2.05, 4.69) is 0 Å². The van der Waals surface area contributed by atoms with Crippen molar-refractivity contribution in [3.8, 4) is 0 Å². The average Bonchev–Trinajstić information content (AvgIpc) is 3.01. The van der Waals surface area contributed by atoms with E-state index in [0.717, 1.165) is 51.6 Å². The highest BCUT2D eigenvalue weighted by Gasteiger charge is 2.39. The molecule has 0 spiro atoms. The second kappa shape index (κ2) is 7.98. The maximum absolute atomic E-state index is 12.7. The molecule has 1 amide bonds. The van der Waals surface area contributed by atoms with E-state index in [9.17, 15) is 4.79 Å². The summed E-state index contributed by atoms with van der Waals surface area (Å²) in [6.07, 6.45) is 13.1. The summed E-state index contributed by atoms with van der Waals surface area (Å²) in [5.41, 5.74) is 5.81. The van der Waals surface area contributed by atoms with Gasteiger partial charge in [-0.3, -0.25) is 4.79 Å². The van der Waals surface area contributed by atoms with Gasteiger partial charge in [0.1, 0.15) is 0 Å². The lowest BCUT2D eigenvalue weighted by Crippen LogP contribution is -2.58. The van der Waals surface area contributed by atoms with Crippen molar-refractivity contribution < 1.29 is 9.53 Å². The lowest BCUT2D eigenvalue weighted by molar-refractivity contribution is -0.141. The number of nitrogens with two attached hydrogens (primary N) is 1. The van der Waals surface area contributed by atoms with Gasteiger partial charge >= 0.3 is 0 Å². The Morgan fingerprint density at radius 1 is 0.909 bits per heavy atom. The van der Waals surface area contributed by atoms with Gasteiger partial charge in [0.2, 0.25) is 5.91 Å². The third kappa shape index (κ3) is 4.15. The number of hydrogen-bond donors (Lipinski definition) is 1. The van der Waals surface area contributed by atoms with E-state index in [0.29, 0.717) is 12.2 Å². The summed E-state index contributed by atoms with van der Waals surface area (Å²) in [5, 5.41) is 0. The van der Waals surface area contributed by atoms with Crippen LogP contribution in [0.4, 0.5) is 0 Å². The van der Waals surface area contributed by atoms with Crippen molar-refractivity contribution in [2.75, 3.05) is 13.1 Å². The Balaban J connectivity index is 0.00000176. The highest BCUT2D eigenvalue weighted by Crippen LogP contribution is 2.30. The van der Waals surface area contributed by atoms with Gasteiger partial charge in [0.25, 0.3) is 0 Å². The monoisotopic (exact) mass is 330 g/mol. The van der Waals surface area contributed by atoms with E-state index in [-0.39, 0.29) is 18.3 Å². The summed E-state index contributed by atoms with van der Waals surface area (Å²) in [7, 11) is 0. The van der Waals surface area contributed by atoms with Crippen LogP contribution < -0.4 is 5.73 Å². The molecule has 1 aliphatic heterocycles. The highest BCUT2D eigenvalue weighted by molar-refractivity contribution is 5.86. The molecule has 3 aliphatic rings. The van der Waals surface area contributed by atoms with Crippen LogP contribution in [0.3, 0.4) is 0 Å². The molecule has 1 heterocycles. The second-order valence-electron chi connectivity index (χ2n) is 7.25. The topological polar surface area (TPSA) is 55.6 Å². The Labute approximate surface area is 140 Å². The van der Waals surface area contributed by atoms with Crippen LogP contribution in [0.1, 0.15) is 70.6 Å². The number of piperidine rings is 1. The molecule has 5 heteroatoms. The zero-order valence-electron chi connectivity index (χ0n) is 13.6. The first kappa shape index (κ1) is 18.0. The molecular formula is C17H31ClN2O2. The van der Waals surface area contributed by atoms with Crippen molar-refractivity contribution in [1.82, 2.24) is 4.90 Å². The Morgan fingerprint density at radius 3 is 2.05 bits per heavy atom. The van der Waals surface area contributed by atoms with Gasteiger partial charge < -0.3 is 15.4 Å². The summed E-state index contributed by atoms with van der Waals surface area (Å²) < 4.78 is 6.18. The normalized spacial score (nSPS) is 26.7. The second-order valence-corrected chi connectivity index (χ2v) is 7.25. The van der Waals surface area contributed by atoms with Crippen molar-refractivity contribution in [3.05, 3.63) is 0 Å². The molecule has 3 rings (SSSR count). The van der Waals surface area contributed by atoms with Gasteiger partial charge in [-0.1, -0.05) is 32.1 Å². The van der Waals surface area contributed by atoms with E-state index in [1.807, 2.05) is 4.90 Å². The molecule has 2 aliphatic carbocycles. The van der Waals surface area contributed by atoms with Crippen molar-refractivity contribution >= 4 is 18.3 Å². The van der Waals surface area contributed by atoms with E-state index in [4.69, 9.17) is 10.5 Å². The molecule has 2 N–H and O–H groups in total. The Morgan fingerprint density at radius 2 is 1.45 bits per heavy atom. The molecule has 128 valence electrons. The zero-order valence-corrected chi connectivity index (χ0v) is 14.4. The van der Waals surface area contributed by atoms with Crippen molar-refractivity contribution in [3.63, 3.8) is 0 Å². The standard InChI is InChI=1S/C17H30N2O2.ClH/c18-17(10-4-1-5-11-17)16(20)19-12-8-15(9-13-19)21-14-6-2-3-7-14;/h14-15H,1-13,18H2;1H. The summed E-state index contributed by atoms with van der Waals surface area (Å²) in [5.74, 6) is 0.196. The first-order valence-electron chi connectivity index (χ1n) is 8.91. The Hall–Kier alpha value is -0.320. The SMILES string of the molecule is Cl.NC1(C(=O)N2CCC(OC3CCCC3)CC2)CCCCC1. The first-order valence-corrected chi connectivity index (χ1v) is 8.91. The van der Waals surface area contributed by atoms with Crippen LogP contribution in [-0.2, 0) is 9.53 Å². The molecule has 4 nitrogen and oxygen atoms in total. The summed E-state index contributed by atoms with van der Waals surface area (Å²) in [6, 6.07) is 0. The quantitative estimate of drug-likeness (QED) is 0.865. The van der Waals surface area contributed by atoms with Crippen molar-refractivity contribution in [2.24, 2.45) is 5.73 Å². The van der Waals surface area contributed by atoms with Gasteiger partial charge in [0.15, 0.2) is 0 Å². The first-order chi connectivity index (χ1) is 10.2. The fraction of sp³-hybridized carbons (Fsp3) is 0.941. The number of rotatable bonds is 3. The van der Waals surface area contributed by atoms with Crippen LogP contribution in [0.2, 0.25) is 0 Å². The third-order valence-corrected chi connectivity index (χ3v) is 5.59. The van der Waals surface area contributed by atoms with Crippen molar-refractivity contribution in [1.29, 1.82) is 0 Å². The summed E-state index contributed by atoms with van der Waals surface area (Å²) in [6.45, 7) is 1.66. The minimum Gasteiger partial charge on any atom is -0.375 e. The molecule has 1 saturated heterocycles. The smallest absolute Gasteiger partial charge is 0.242 e. The minimum atomic E-state index is -0.572. The van der Waals surface area contributed by atoms with Gasteiger partial charge in [-0.05, 0) is 38.5 Å². The van der Waals surface area contributed by atoms with Gasteiger partial charge in [-0.15, -0.1) is 12.4 Å². The fourth-order valence-corrected chi connectivity index (χ4v) is 4.20. The maximum atomic E-state index is 12.7. The highest BCUT2D eigenvalue weighted by atomic mass is 35.5. The van der Waals surface area contributed by atoms with Gasteiger partial charge in [0.05, 0.1) is 17.7 Å². The van der Waals surface area contributed by atoms with Crippen LogP contribution in [0.5, 0.6) is 0 Å². The van der Waals surface area contributed by atoms with E-state index in [1.165, 1.54) is 32.1 Å². The number of carbonyl (C=O) groups is 1. The molecular weight excluding hydrogens is 300 g/mol. The molecule has 0 unspecified atom stereocenters. The number of halogens is 1. The maximum Gasteiger partial charge on any atom is 0.242 e. The van der Waals surface area contributed by atoms with Crippen LogP contribution >= 0.6 is 12.4 Å². The molecule has 0 bridgehead atoms. The summed E-state index contributed by atoms with van der Waals surface area (Å²) >= 11 is 0. The van der Waals surface area contributed by atoms with E-state index < -0.39 is 5.54 Å². The molecule has 22 heavy (non-hydrogen) atoms. The van der Waals surface area contributed by atoms with Crippen LogP contribution in [-0.4, -0.2) is 41.6 Å². The van der Waals surface area contributed by atoms with Crippen LogP contribution in [0, 0.1) is 0 Å². The molecule has 2 saturated carbocycles. The van der Waals surface area contributed by atoms with E-state index >= 15 is 0 Å². The number of nitrogens with zero attached hydrogens (tertiary/aromatic N) is 1. The molecule has 0 aromatic heterocycles. The molecule has 0 radical (unpaired) electrons. The molecule has 0 atom stereocenters. The third-order valence-electron chi connectivity index (χ3n) is 5.59. The molecule has 3 fully saturated rings. The predicted molar refractivity (Wildman–Crippen MR) is 90.2 cm³/mol. The molecule has 0 aromatic carbocycles.